The minimum absolute atomic E-state index is 0.0121. The lowest BCUT2D eigenvalue weighted by Crippen LogP contribution is -2.27. The van der Waals surface area contributed by atoms with Gasteiger partial charge >= 0.3 is 0 Å². The van der Waals surface area contributed by atoms with Gasteiger partial charge in [0.2, 0.25) is 0 Å². The number of sulfonamides is 1. The Balaban J connectivity index is 2.49. The molecule has 2 aromatic carbocycles. The summed E-state index contributed by atoms with van der Waals surface area (Å²) in [6, 6.07) is 9.89. The highest BCUT2D eigenvalue weighted by Gasteiger charge is 2.24. The second-order valence-corrected chi connectivity index (χ2v) is 6.76. The third-order valence-electron chi connectivity index (χ3n) is 3.09. The Morgan fingerprint density at radius 3 is 2.52 bits per heavy atom. The molecule has 0 aromatic heterocycles. The van der Waals surface area contributed by atoms with E-state index in [4.69, 9.17) is 17.3 Å². The summed E-state index contributed by atoms with van der Waals surface area (Å²) in [7, 11) is -2.59. The Labute approximate surface area is 128 Å². The number of halogens is 2. The molecule has 0 saturated carbocycles. The van der Waals surface area contributed by atoms with E-state index in [1.165, 1.54) is 43.4 Å². The quantitative estimate of drug-likeness (QED) is 0.938. The van der Waals surface area contributed by atoms with E-state index in [0.29, 0.717) is 10.6 Å². The highest BCUT2D eigenvalue weighted by Crippen LogP contribution is 2.26. The summed E-state index contributed by atoms with van der Waals surface area (Å²) in [4.78, 5) is 0.0121. The van der Waals surface area contributed by atoms with Gasteiger partial charge in [0.15, 0.2) is 0 Å². The molecule has 0 bridgehead atoms. The molecule has 0 aliphatic rings. The number of hydrogen-bond donors (Lipinski definition) is 1. The van der Waals surface area contributed by atoms with Gasteiger partial charge in [-0.2, -0.15) is 0 Å². The van der Waals surface area contributed by atoms with Crippen molar-refractivity contribution in [2.45, 2.75) is 11.4 Å². The summed E-state index contributed by atoms with van der Waals surface area (Å²) in [5.74, 6) is -0.614. The zero-order chi connectivity index (χ0) is 15.6. The summed E-state index contributed by atoms with van der Waals surface area (Å²) in [5, 5.41) is 0.394. The van der Waals surface area contributed by atoms with Crippen LogP contribution in [0.15, 0.2) is 47.4 Å². The van der Waals surface area contributed by atoms with Gasteiger partial charge in [-0.3, -0.25) is 4.31 Å². The highest BCUT2D eigenvalue weighted by molar-refractivity contribution is 7.92. The normalized spacial score (nSPS) is 11.4. The van der Waals surface area contributed by atoms with E-state index in [-0.39, 0.29) is 17.1 Å². The predicted octanol–water partition coefficient (Wildman–Crippen LogP) is 2.76. The van der Waals surface area contributed by atoms with Crippen molar-refractivity contribution in [3.05, 3.63) is 58.9 Å². The van der Waals surface area contributed by atoms with Gasteiger partial charge in [-0.05, 0) is 35.9 Å². The van der Waals surface area contributed by atoms with Gasteiger partial charge in [0, 0.05) is 18.6 Å². The summed E-state index contributed by atoms with van der Waals surface area (Å²) < 4.78 is 39.7. The Hall–Kier alpha value is -1.63. The molecule has 112 valence electrons. The van der Waals surface area contributed by atoms with Crippen LogP contribution in [0.3, 0.4) is 0 Å². The van der Waals surface area contributed by atoms with E-state index in [0.717, 1.165) is 4.31 Å². The second-order valence-electron chi connectivity index (χ2n) is 4.38. The van der Waals surface area contributed by atoms with E-state index in [2.05, 4.69) is 0 Å². The second kappa shape index (κ2) is 6.01. The number of nitrogens with zero attached hydrogens (tertiary/aromatic N) is 1. The predicted molar refractivity (Wildman–Crippen MR) is 81.3 cm³/mol. The van der Waals surface area contributed by atoms with Crippen molar-refractivity contribution in [2.75, 3.05) is 11.4 Å². The molecule has 0 heterocycles. The highest BCUT2D eigenvalue weighted by atomic mass is 35.5. The lowest BCUT2D eigenvalue weighted by molar-refractivity contribution is 0.589. The summed E-state index contributed by atoms with van der Waals surface area (Å²) in [5.41, 5.74) is 6.01. The minimum atomic E-state index is -3.88. The molecule has 2 rings (SSSR count). The molecule has 0 aliphatic heterocycles. The lowest BCUT2D eigenvalue weighted by atomic mass is 10.2. The van der Waals surface area contributed by atoms with E-state index in [1.54, 1.807) is 6.07 Å². The van der Waals surface area contributed by atoms with Crippen molar-refractivity contribution in [3.8, 4) is 0 Å². The molecule has 4 nitrogen and oxygen atoms in total. The fourth-order valence-electron chi connectivity index (χ4n) is 1.86. The smallest absolute Gasteiger partial charge is 0.264 e. The third kappa shape index (κ3) is 3.02. The number of rotatable bonds is 4. The van der Waals surface area contributed by atoms with Crippen molar-refractivity contribution in [2.24, 2.45) is 5.73 Å². The summed E-state index contributed by atoms with van der Waals surface area (Å²) in [6.45, 7) is 0.117. The van der Waals surface area contributed by atoms with Gasteiger partial charge in [0.25, 0.3) is 10.0 Å². The molecule has 0 radical (unpaired) electrons. The van der Waals surface area contributed by atoms with Crippen LogP contribution >= 0.6 is 11.6 Å². The van der Waals surface area contributed by atoms with Crippen molar-refractivity contribution < 1.29 is 12.8 Å². The third-order valence-corrected chi connectivity index (χ3v) is 5.22. The number of anilines is 1. The molecular weight excluding hydrogens is 315 g/mol. The Bertz CT molecular complexity index is 765. The Morgan fingerprint density at radius 1 is 1.24 bits per heavy atom. The van der Waals surface area contributed by atoms with Crippen LogP contribution in [-0.2, 0) is 16.6 Å². The number of benzene rings is 2. The van der Waals surface area contributed by atoms with E-state index < -0.39 is 15.8 Å². The average Bonchev–Trinajstić information content (AvgIpc) is 2.47. The average molecular weight is 329 g/mol. The molecule has 0 fully saturated rings. The van der Waals surface area contributed by atoms with Gasteiger partial charge in [0.05, 0.1) is 10.6 Å². The number of hydrogen-bond acceptors (Lipinski definition) is 3. The monoisotopic (exact) mass is 328 g/mol. The molecule has 0 atom stereocenters. The van der Waals surface area contributed by atoms with Crippen LogP contribution in [0.5, 0.6) is 0 Å². The van der Waals surface area contributed by atoms with Gasteiger partial charge in [-0.25, -0.2) is 12.8 Å². The maximum atomic E-state index is 13.7. The SMILES string of the molecule is CN(c1ccccc1F)S(=O)(=O)c1ccc(Cl)c(CN)c1. The van der Waals surface area contributed by atoms with E-state index in [9.17, 15) is 12.8 Å². The summed E-state index contributed by atoms with van der Waals surface area (Å²) >= 11 is 5.92. The fraction of sp³-hybridized carbons (Fsp3) is 0.143. The maximum Gasteiger partial charge on any atom is 0.264 e. The van der Waals surface area contributed by atoms with E-state index in [1.807, 2.05) is 0 Å². The molecule has 0 saturated heterocycles. The lowest BCUT2D eigenvalue weighted by Gasteiger charge is -2.20. The van der Waals surface area contributed by atoms with Crippen LogP contribution in [0.25, 0.3) is 0 Å². The van der Waals surface area contributed by atoms with Gasteiger partial charge < -0.3 is 5.73 Å². The zero-order valence-corrected chi connectivity index (χ0v) is 12.8. The largest absolute Gasteiger partial charge is 0.326 e. The van der Waals surface area contributed by atoms with Crippen molar-refractivity contribution in [1.82, 2.24) is 0 Å². The molecule has 21 heavy (non-hydrogen) atoms. The van der Waals surface area contributed by atoms with Crippen molar-refractivity contribution in [3.63, 3.8) is 0 Å². The first kappa shape index (κ1) is 15.8. The molecule has 0 aliphatic carbocycles. The molecule has 0 spiro atoms. The molecule has 2 aromatic rings. The Kier molecular flexibility index (Phi) is 4.51. The van der Waals surface area contributed by atoms with Crippen LogP contribution in [-0.4, -0.2) is 15.5 Å². The molecule has 0 amide bonds. The van der Waals surface area contributed by atoms with Crippen LogP contribution in [0, 0.1) is 5.82 Å². The van der Waals surface area contributed by atoms with E-state index >= 15 is 0 Å². The Morgan fingerprint density at radius 2 is 1.90 bits per heavy atom. The molecule has 0 unspecified atom stereocenters. The van der Waals surface area contributed by atoms with Gasteiger partial charge in [-0.15, -0.1) is 0 Å². The van der Waals surface area contributed by atoms with Gasteiger partial charge in [-0.1, -0.05) is 23.7 Å². The maximum absolute atomic E-state index is 13.7. The summed E-state index contributed by atoms with van der Waals surface area (Å²) in [6.07, 6.45) is 0. The van der Waals surface area contributed by atoms with Crippen LogP contribution in [0.4, 0.5) is 10.1 Å². The fourth-order valence-corrected chi connectivity index (χ4v) is 3.31. The number of nitrogens with two attached hydrogens (primary N) is 1. The van der Waals surface area contributed by atoms with Crippen LogP contribution in [0.1, 0.15) is 5.56 Å². The first-order valence-corrected chi connectivity index (χ1v) is 7.91. The molecule has 2 N–H and O–H groups in total. The minimum Gasteiger partial charge on any atom is -0.326 e. The first-order chi connectivity index (χ1) is 9.87. The molecule has 7 heteroatoms. The van der Waals surface area contributed by atoms with Gasteiger partial charge in [0.1, 0.15) is 5.82 Å². The standard InChI is InChI=1S/C14H14ClFN2O2S/c1-18(14-5-3-2-4-13(14)16)21(19,20)11-6-7-12(15)10(8-11)9-17/h2-8H,9,17H2,1H3. The molecular formula is C14H14ClFN2O2S. The zero-order valence-electron chi connectivity index (χ0n) is 11.3. The first-order valence-electron chi connectivity index (χ1n) is 6.10. The van der Waals surface area contributed by atoms with Crippen LogP contribution < -0.4 is 10.0 Å². The van der Waals surface area contributed by atoms with Crippen molar-refractivity contribution >= 4 is 27.3 Å². The van der Waals surface area contributed by atoms with Crippen LogP contribution in [0.2, 0.25) is 5.02 Å². The van der Waals surface area contributed by atoms with Crippen molar-refractivity contribution in [1.29, 1.82) is 0 Å². The number of para-hydroxylation sites is 1. The topological polar surface area (TPSA) is 63.4 Å².